The zero-order valence-corrected chi connectivity index (χ0v) is 13.3. The van der Waals surface area contributed by atoms with E-state index < -0.39 is 0 Å². The van der Waals surface area contributed by atoms with Crippen LogP contribution in [-0.2, 0) is 6.54 Å². The number of furan rings is 1. The van der Waals surface area contributed by atoms with Crippen LogP contribution in [0.1, 0.15) is 20.9 Å². The van der Waals surface area contributed by atoms with Gasteiger partial charge in [0.2, 0.25) is 0 Å². The lowest BCUT2D eigenvalue weighted by molar-refractivity contribution is 0.0781. The van der Waals surface area contributed by atoms with Crippen LogP contribution in [0.4, 0.5) is 0 Å². The standard InChI is InChI=1S/C15H14N2O2S2/c1-10-5-7-20-13(10)8-17(2)15(18)11-9-21-14(16-11)12-4-3-6-19-12/h3-7,9H,8H2,1-2H3. The molecule has 3 rings (SSSR count). The van der Waals surface area contributed by atoms with Crippen LogP contribution in [0.15, 0.2) is 39.6 Å². The number of hydrogen-bond donors (Lipinski definition) is 0. The van der Waals surface area contributed by atoms with Crippen LogP contribution in [0.5, 0.6) is 0 Å². The van der Waals surface area contributed by atoms with Crippen LogP contribution in [0, 0.1) is 6.92 Å². The number of aryl methyl sites for hydroxylation is 1. The average molecular weight is 318 g/mol. The molecule has 0 atom stereocenters. The molecule has 0 spiro atoms. The minimum Gasteiger partial charge on any atom is -0.462 e. The lowest BCUT2D eigenvalue weighted by Crippen LogP contribution is -2.26. The van der Waals surface area contributed by atoms with Crippen molar-refractivity contribution >= 4 is 28.6 Å². The molecule has 0 radical (unpaired) electrons. The van der Waals surface area contributed by atoms with Crippen molar-refractivity contribution < 1.29 is 9.21 Å². The molecule has 3 heterocycles. The zero-order valence-electron chi connectivity index (χ0n) is 11.7. The van der Waals surface area contributed by atoms with Gasteiger partial charge in [-0.1, -0.05) is 0 Å². The van der Waals surface area contributed by atoms with E-state index in [0.29, 0.717) is 18.0 Å². The number of hydrogen-bond acceptors (Lipinski definition) is 5. The second-order valence-electron chi connectivity index (χ2n) is 4.70. The van der Waals surface area contributed by atoms with Gasteiger partial charge >= 0.3 is 0 Å². The molecule has 3 aromatic heterocycles. The monoisotopic (exact) mass is 318 g/mol. The summed E-state index contributed by atoms with van der Waals surface area (Å²) in [6, 6.07) is 5.71. The van der Waals surface area contributed by atoms with E-state index in [-0.39, 0.29) is 5.91 Å². The summed E-state index contributed by atoms with van der Waals surface area (Å²) in [5.41, 5.74) is 1.68. The van der Waals surface area contributed by atoms with Crippen molar-refractivity contribution in [3.05, 3.63) is 51.4 Å². The molecule has 0 saturated carbocycles. The van der Waals surface area contributed by atoms with E-state index in [9.17, 15) is 4.79 Å². The Bertz CT molecular complexity index is 743. The van der Waals surface area contributed by atoms with Crippen LogP contribution in [0.3, 0.4) is 0 Å². The number of rotatable bonds is 4. The molecule has 108 valence electrons. The first-order valence-corrected chi connectivity index (χ1v) is 8.19. The highest BCUT2D eigenvalue weighted by atomic mass is 32.1. The number of carbonyl (C=O) groups excluding carboxylic acids is 1. The van der Waals surface area contributed by atoms with E-state index in [4.69, 9.17) is 4.42 Å². The van der Waals surface area contributed by atoms with Crippen LogP contribution >= 0.6 is 22.7 Å². The highest BCUT2D eigenvalue weighted by Gasteiger charge is 2.18. The lowest BCUT2D eigenvalue weighted by Gasteiger charge is -2.15. The number of thiophene rings is 1. The summed E-state index contributed by atoms with van der Waals surface area (Å²) in [5, 5.41) is 4.54. The van der Waals surface area contributed by atoms with Crippen LogP contribution in [0.2, 0.25) is 0 Å². The molecule has 0 bridgehead atoms. The first-order chi connectivity index (χ1) is 10.1. The molecule has 21 heavy (non-hydrogen) atoms. The van der Waals surface area contributed by atoms with E-state index >= 15 is 0 Å². The molecule has 1 amide bonds. The molecule has 0 N–H and O–H groups in total. The third kappa shape index (κ3) is 2.91. The van der Waals surface area contributed by atoms with Gasteiger partial charge in [0.1, 0.15) is 5.69 Å². The molecular formula is C15H14N2O2S2. The summed E-state index contributed by atoms with van der Waals surface area (Å²) in [6.45, 7) is 2.66. The van der Waals surface area contributed by atoms with Gasteiger partial charge in [-0.05, 0) is 36.1 Å². The maximum atomic E-state index is 12.4. The third-order valence-corrected chi connectivity index (χ3v) is 5.02. The summed E-state index contributed by atoms with van der Waals surface area (Å²) < 4.78 is 5.30. The summed E-state index contributed by atoms with van der Waals surface area (Å²) in [6.07, 6.45) is 1.60. The number of aromatic nitrogens is 1. The summed E-state index contributed by atoms with van der Waals surface area (Å²) in [4.78, 5) is 19.7. The second-order valence-corrected chi connectivity index (χ2v) is 6.56. The molecule has 0 aliphatic heterocycles. The van der Waals surface area contributed by atoms with Crippen LogP contribution in [-0.4, -0.2) is 22.8 Å². The van der Waals surface area contributed by atoms with Gasteiger partial charge in [0.25, 0.3) is 5.91 Å². The van der Waals surface area contributed by atoms with Crippen LogP contribution < -0.4 is 0 Å². The fourth-order valence-corrected chi connectivity index (χ4v) is 3.65. The van der Waals surface area contributed by atoms with E-state index in [2.05, 4.69) is 18.0 Å². The molecule has 0 aliphatic carbocycles. The maximum Gasteiger partial charge on any atom is 0.273 e. The Morgan fingerprint density at radius 1 is 1.38 bits per heavy atom. The summed E-state index contributed by atoms with van der Waals surface area (Å²) in [7, 11) is 1.80. The fraction of sp³-hybridized carbons (Fsp3) is 0.200. The predicted octanol–water partition coefficient (Wildman–Crippen LogP) is 4.05. The molecule has 0 aromatic carbocycles. The second kappa shape index (κ2) is 5.83. The Morgan fingerprint density at radius 3 is 2.90 bits per heavy atom. The Balaban J connectivity index is 1.74. The molecule has 0 saturated heterocycles. The average Bonchev–Trinajstić information content (AvgIpc) is 3.18. The quantitative estimate of drug-likeness (QED) is 0.729. The van der Waals surface area contributed by atoms with Crippen molar-refractivity contribution in [2.45, 2.75) is 13.5 Å². The largest absolute Gasteiger partial charge is 0.462 e. The van der Waals surface area contributed by atoms with Gasteiger partial charge in [0.05, 0.1) is 12.8 Å². The molecule has 3 aromatic rings. The van der Waals surface area contributed by atoms with Gasteiger partial charge in [-0.25, -0.2) is 4.98 Å². The Hall–Kier alpha value is -1.92. The normalized spacial score (nSPS) is 10.8. The minimum atomic E-state index is -0.0724. The van der Waals surface area contributed by atoms with Crippen molar-refractivity contribution in [3.63, 3.8) is 0 Å². The van der Waals surface area contributed by atoms with E-state index in [0.717, 1.165) is 5.01 Å². The topological polar surface area (TPSA) is 46.3 Å². The molecule has 4 nitrogen and oxygen atoms in total. The number of thiazole rings is 1. The molecule has 0 aliphatic rings. The van der Waals surface area contributed by atoms with Crippen LogP contribution in [0.25, 0.3) is 10.8 Å². The van der Waals surface area contributed by atoms with Gasteiger partial charge in [-0.15, -0.1) is 22.7 Å². The van der Waals surface area contributed by atoms with Crippen molar-refractivity contribution in [2.24, 2.45) is 0 Å². The van der Waals surface area contributed by atoms with Crippen molar-refractivity contribution in [2.75, 3.05) is 7.05 Å². The van der Waals surface area contributed by atoms with Crippen molar-refractivity contribution in [1.82, 2.24) is 9.88 Å². The SMILES string of the molecule is Cc1ccsc1CN(C)C(=O)c1csc(-c2ccco2)n1. The first kappa shape index (κ1) is 14.0. The first-order valence-electron chi connectivity index (χ1n) is 6.43. The Labute approximate surface area is 130 Å². The lowest BCUT2D eigenvalue weighted by atomic mass is 10.3. The summed E-state index contributed by atoms with van der Waals surface area (Å²) >= 11 is 3.08. The summed E-state index contributed by atoms with van der Waals surface area (Å²) in [5.74, 6) is 0.618. The van der Waals surface area contributed by atoms with Gasteiger partial charge in [0.15, 0.2) is 10.8 Å². The molecule has 0 fully saturated rings. The Morgan fingerprint density at radius 2 is 2.24 bits per heavy atom. The maximum absolute atomic E-state index is 12.4. The minimum absolute atomic E-state index is 0.0724. The highest BCUT2D eigenvalue weighted by Crippen LogP contribution is 2.25. The van der Waals surface area contributed by atoms with Gasteiger partial charge in [-0.3, -0.25) is 4.79 Å². The van der Waals surface area contributed by atoms with E-state index in [1.165, 1.54) is 21.8 Å². The van der Waals surface area contributed by atoms with Gasteiger partial charge in [-0.2, -0.15) is 0 Å². The van der Waals surface area contributed by atoms with Crippen molar-refractivity contribution in [3.8, 4) is 10.8 Å². The number of amides is 1. The van der Waals surface area contributed by atoms with E-state index in [1.54, 1.807) is 34.9 Å². The Kier molecular flexibility index (Phi) is 3.90. The zero-order chi connectivity index (χ0) is 14.8. The fourth-order valence-electron chi connectivity index (χ4n) is 1.93. The van der Waals surface area contributed by atoms with E-state index in [1.807, 2.05) is 17.5 Å². The van der Waals surface area contributed by atoms with Crippen molar-refractivity contribution in [1.29, 1.82) is 0 Å². The molecule has 6 heteroatoms. The number of carbonyl (C=O) groups is 1. The smallest absolute Gasteiger partial charge is 0.273 e. The third-order valence-electron chi connectivity index (χ3n) is 3.15. The van der Waals surface area contributed by atoms with Gasteiger partial charge < -0.3 is 9.32 Å². The molecule has 0 unspecified atom stereocenters. The van der Waals surface area contributed by atoms with Gasteiger partial charge in [0, 0.05) is 17.3 Å². The predicted molar refractivity (Wildman–Crippen MR) is 84.7 cm³/mol. The molecular weight excluding hydrogens is 304 g/mol. The highest BCUT2D eigenvalue weighted by molar-refractivity contribution is 7.13. The number of nitrogens with zero attached hydrogens (tertiary/aromatic N) is 2.